The van der Waals surface area contributed by atoms with E-state index in [0.29, 0.717) is 18.5 Å². The molecule has 0 heterocycles. The quantitative estimate of drug-likeness (QED) is 0.441. The van der Waals surface area contributed by atoms with Gasteiger partial charge in [-0.3, -0.25) is 10.1 Å². The van der Waals surface area contributed by atoms with Gasteiger partial charge in [0.2, 0.25) is 10.0 Å². The lowest BCUT2D eigenvalue weighted by molar-refractivity contribution is -0.384. The highest BCUT2D eigenvalue weighted by Crippen LogP contribution is 2.30. The summed E-state index contributed by atoms with van der Waals surface area (Å²) in [6.07, 6.45) is 0.689. The summed E-state index contributed by atoms with van der Waals surface area (Å²) in [7, 11) is -3.59. The average molecular weight is 441 g/mol. The summed E-state index contributed by atoms with van der Waals surface area (Å²) in [5, 5.41) is 10.7. The maximum atomic E-state index is 13.0. The van der Waals surface area contributed by atoms with Gasteiger partial charge in [0.15, 0.2) is 0 Å². The first-order valence-corrected chi connectivity index (χ1v) is 10.6. The van der Waals surface area contributed by atoms with Crippen molar-refractivity contribution in [3.05, 3.63) is 74.2 Å². The third kappa shape index (κ3) is 4.90. The number of benzene rings is 2. The van der Waals surface area contributed by atoms with E-state index in [4.69, 9.17) is 0 Å². The minimum atomic E-state index is -3.59. The van der Waals surface area contributed by atoms with Crippen LogP contribution in [0.15, 0.2) is 53.0 Å². The normalized spacial score (nSPS) is 12.9. The Morgan fingerprint density at radius 3 is 2.31 bits per heavy atom. The molecule has 1 atom stereocenters. The molecule has 0 saturated heterocycles. The fraction of sp³-hybridized carbons (Fsp3) is 0.333. The Labute approximate surface area is 162 Å². The topological polar surface area (TPSA) is 80.5 Å². The number of nitro groups is 1. The fourth-order valence-electron chi connectivity index (χ4n) is 2.77. The van der Waals surface area contributed by atoms with E-state index in [2.05, 4.69) is 15.9 Å². The average Bonchev–Trinajstić information content (AvgIpc) is 2.59. The zero-order chi connectivity index (χ0) is 19.3. The summed E-state index contributed by atoms with van der Waals surface area (Å²) < 4.78 is 28.4. The van der Waals surface area contributed by atoms with Crippen LogP contribution in [0, 0.1) is 10.1 Å². The van der Waals surface area contributed by atoms with Gasteiger partial charge in [0.25, 0.3) is 5.69 Å². The van der Waals surface area contributed by atoms with Gasteiger partial charge >= 0.3 is 0 Å². The van der Waals surface area contributed by atoms with E-state index in [9.17, 15) is 18.5 Å². The summed E-state index contributed by atoms with van der Waals surface area (Å²) in [5.74, 6) is -0.195. The minimum absolute atomic E-state index is 0.0573. The molecule has 0 aliphatic carbocycles. The predicted molar refractivity (Wildman–Crippen MR) is 105 cm³/mol. The lowest BCUT2D eigenvalue weighted by Gasteiger charge is -2.29. The van der Waals surface area contributed by atoms with E-state index in [1.807, 2.05) is 38.1 Å². The Bertz CT molecular complexity index is 869. The van der Waals surface area contributed by atoms with Crippen molar-refractivity contribution in [2.24, 2.45) is 0 Å². The van der Waals surface area contributed by atoms with E-state index < -0.39 is 14.9 Å². The molecular weight excluding hydrogens is 420 g/mol. The van der Waals surface area contributed by atoms with Crippen molar-refractivity contribution in [2.75, 3.05) is 6.54 Å². The Hall–Kier alpha value is -1.77. The van der Waals surface area contributed by atoms with Crippen LogP contribution in [0.4, 0.5) is 5.69 Å². The zero-order valence-corrected chi connectivity index (χ0v) is 17.0. The van der Waals surface area contributed by atoms with Crippen molar-refractivity contribution in [3.8, 4) is 0 Å². The van der Waals surface area contributed by atoms with Crippen molar-refractivity contribution < 1.29 is 13.3 Å². The molecule has 8 heteroatoms. The number of hydrogen-bond donors (Lipinski definition) is 0. The molecule has 2 aromatic carbocycles. The van der Waals surface area contributed by atoms with Gasteiger partial charge in [0.05, 0.1) is 10.7 Å². The van der Waals surface area contributed by atoms with Crippen LogP contribution >= 0.6 is 15.9 Å². The number of non-ortho nitro benzene ring substituents is 1. The number of halogens is 1. The number of hydrogen-bond acceptors (Lipinski definition) is 4. The highest BCUT2D eigenvalue weighted by atomic mass is 79.9. The van der Waals surface area contributed by atoms with Gasteiger partial charge in [-0.2, -0.15) is 4.31 Å². The summed E-state index contributed by atoms with van der Waals surface area (Å²) in [4.78, 5) is 10.2. The summed E-state index contributed by atoms with van der Waals surface area (Å²) in [5.41, 5.74) is 1.36. The van der Waals surface area contributed by atoms with Crippen LogP contribution in [-0.4, -0.2) is 24.2 Å². The summed E-state index contributed by atoms with van der Waals surface area (Å²) in [6, 6.07) is 12.9. The Kier molecular flexibility index (Phi) is 6.91. The molecular formula is C18H21BrN2O4S. The lowest BCUT2D eigenvalue weighted by Crippen LogP contribution is -2.35. The Balaban J connectivity index is 2.29. The van der Waals surface area contributed by atoms with Gasteiger partial charge in [-0.25, -0.2) is 8.42 Å². The van der Waals surface area contributed by atoms with Crippen molar-refractivity contribution in [3.63, 3.8) is 0 Å². The summed E-state index contributed by atoms with van der Waals surface area (Å²) in [6.45, 7) is 4.20. The van der Waals surface area contributed by atoms with Gasteiger partial charge in [-0.05, 0) is 30.5 Å². The van der Waals surface area contributed by atoms with Gasteiger partial charge in [0, 0.05) is 29.2 Å². The molecule has 0 saturated carbocycles. The first-order valence-electron chi connectivity index (χ1n) is 8.23. The second-order valence-corrected chi connectivity index (χ2v) is 8.76. The third-order valence-electron chi connectivity index (χ3n) is 4.08. The van der Waals surface area contributed by atoms with Crippen molar-refractivity contribution in [1.82, 2.24) is 4.31 Å². The molecule has 0 bridgehead atoms. The maximum absolute atomic E-state index is 13.0. The molecule has 2 rings (SSSR count). The molecule has 0 aromatic heterocycles. The van der Waals surface area contributed by atoms with E-state index in [1.54, 1.807) is 0 Å². The largest absolute Gasteiger partial charge is 0.269 e. The van der Waals surface area contributed by atoms with Crippen molar-refractivity contribution in [2.45, 2.75) is 32.1 Å². The number of nitro benzene ring substituents is 1. The Morgan fingerprint density at radius 1 is 1.15 bits per heavy atom. The van der Waals surface area contributed by atoms with Crippen LogP contribution in [0.3, 0.4) is 0 Å². The molecule has 0 aliphatic rings. The molecule has 6 nitrogen and oxygen atoms in total. The van der Waals surface area contributed by atoms with Gasteiger partial charge in [0.1, 0.15) is 0 Å². The third-order valence-corrected chi connectivity index (χ3v) is 6.72. The van der Waals surface area contributed by atoms with Crippen molar-refractivity contribution in [1.29, 1.82) is 0 Å². The summed E-state index contributed by atoms with van der Waals surface area (Å²) >= 11 is 3.49. The predicted octanol–water partition coefficient (Wildman–Crippen LogP) is 4.66. The molecule has 0 spiro atoms. The second-order valence-electron chi connectivity index (χ2n) is 5.99. The van der Waals surface area contributed by atoms with E-state index in [0.717, 1.165) is 10.0 Å². The van der Waals surface area contributed by atoms with Gasteiger partial charge in [-0.1, -0.05) is 53.2 Å². The zero-order valence-electron chi connectivity index (χ0n) is 14.6. The monoisotopic (exact) mass is 440 g/mol. The molecule has 0 amide bonds. The minimum Gasteiger partial charge on any atom is -0.258 e. The fourth-order valence-corrected chi connectivity index (χ4v) is 5.22. The molecule has 140 valence electrons. The van der Waals surface area contributed by atoms with Crippen LogP contribution in [0.2, 0.25) is 0 Å². The maximum Gasteiger partial charge on any atom is 0.269 e. The number of rotatable bonds is 8. The van der Waals surface area contributed by atoms with Gasteiger partial charge < -0.3 is 0 Å². The van der Waals surface area contributed by atoms with E-state index in [-0.39, 0.29) is 17.5 Å². The second kappa shape index (κ2) is 8.75. The molecule has 26 heavy (non-hydrogen) atoms. The van der Waals surface area contributed by atoms with Crippen LogP contribution in [-0.2, 0) is 15.8 Å². The van der Waals surface area contributed by atoms with E-state index >= 15 is 0 Å². The highest BCUT2D eigenvalue weighted by molar-refractivity contribution is 9.10. The molecule has 0 N–H and O–H groups in total. The van der Waals surface area contributed by atoms with Crippen molar-refractivity contribution >= 4 is 31.6 Å². The smallest absolute Gasteiger partial charge is 0.258 e. The number of nitrogens with zero attached hydrogens (tertiary/aromatic N) is 2. The van der Waals surface area contributed by atoms with Crippen LogP contribution < -0.4 is 0 Å². The first kappa shape index (κ1) is 20.5. The van der Waals surface area contributed by atoms with Crippen LogP contribution in [0.25, 0.3) is 0 Å². The van der Waals surface area contributed by atoms with Gasteiger partial charge in [-0.15, -0.1) is 0 Å². The SMILES string of the molecule is CCCN(C(C)c1ccccc1Br)S(=O)(=O)Cc1ccc([N+](=O)[O-])cc1. The molecule has 2 aromatic rings. The molecule has 0 radical (unpaired) electrons. The Morgan fingerprint density at radius 2 is 1.77 bits per heavy atom. The molecule has 0 fully saturated rings. The molecule has 0 aliphatic heterocycles. The highest BCUT2D eigenvalue weighted by Gasteiger charge is 2.28. The molecule has 1 unspecified atom stereocenters. The first-order chi connectivity index (χ1) is 12.3. The van der Waals surface area contributed by atoms with Crippen LogP contribution in [0.5, 0.6) is 0 Å². The van der Waals surface area contributed by atoms with E-state index in [1.165, 1.54) is 28.6 Å². The standard InChI is InChI=1S/C18H21BrN2O4S/c1-3-12-20(14(2)17-6-4-5-7-18(17)19)26(24,25)13-15-8-10-16(11-9-15)21(22)23/h4-11,14H,3,12-13H2,1-2H3. The van der Waals surface area contributed by atoms with Crippen LogP contribution in [0.1, 0.15) is 37.4 Å². The lowest BCUT2D eigenvalue weighted by atomic mass is 10.1. The number of sulfonamides is 1.